The van der Waals surface area contributed by atoms with Crippen LogP contribution in [0.15, 0.2) is 41.5 Å². The number of hydrogen-bond acceptors (Lipinski definition) is 5. The molecule has 0 aliphatic rings. The first kappa shape index (κ1) is 19.2. The van der Waals surface area contributed by atoms with Crippen LogP contribution in [0.1, 0.15) is 29.3 Å². The van der Waals surface area contributed by atoms with Crippen LogP contribution in [0, 0.1) is 5.82 Å². The van der Waals surface area contributed by atoms with Gasteiger partial charge < -0.3 is 14.2 Å². The van der Waals surface area contributed by atoms with Crippen LogP contribution in [0.5, 0.6) is 17.2 Å². The lowest BCUT2D eigenvalue weighted by Crippen LogP contribution is -2.20. The van der Waals surface area contributed by atoms with E-state index in [-0.39, 0.29) is 5.82 Å². The summed E-state index contributed by atoms with van der Waals surface area (Å²) in [6, 6.07) is 9.00. The van der Waals surface area contributed by atoms with Crippen molar-refractivity contribution < 1.29 is 23.4 Å². The summed E-state index contributed by atoms with van der Waals surface area (Å²) in [5, 5.41) is 4.15. The summed E-state index contributed by atoms with van der Waals surface area (Å²) in [6.07, 6.45) is 0.571. The number of hydrazone groups is 1. The molecule has 0 aliphatic carbocycles. The molecule has 0 radical (unpaired) electrons. The van der Waals surface area contributed by atoms with Gasteiger partial charge in [0.2, 0.25) is 5.75 Å². The third-order valence-corrected chi connectivity index (χ3v) is 3.73. The molecule has 7 heteroatoms. The molecule has 2 rings (SSSR count). The van der Waals surface area contributed by atoms with Crippen LogP contribution in [-0.4, -0.2) is 32.9 Å². The van der Waals surface area contributed by atoms with E-state index in [1.807, 2.05) is 6.92 Å². The molecule has 0 saturated carbocycles. The van der Waals surface area contributed by atoms with Gasteiger partial charge in [-0.3, -0.25) is 4.79 Å². The Morgan fingerprint density at radius 3 is 2.04 bits per heavy atom. The number of rotatable bonds is 7. The Balaban J connectivity index is 2.27. The number of benzene rings is 2. The Hall–Kier alpha value is -3.09. The van der Waals surface area contributed by atoms with Crippen LogP contribution in [-0.2, 0) is 0 Å². The standard InChI is InChI=1S/C19H21FN2O4/c1-5-15(12-6-8-14(20)9-7-12)21-22-19(23)13-10-16(24-2)18(26-4)17(11-13)25-3/h6-11H,5H2,1-4H3,(H,22,23)/b21-15+. The number of carbonyl (C=O) groups is 1. The quantitative estimate of drug-likeness (QED) is 0.607. The topological polar surface area (TPSA) is 69.2 Å². The summed E-state index contributed by atoms with van der Waals surface area (Å²) >= 11 is 0. The molecule has 138 valence electrons. The minimum atomic E-state index is -0.433. The normalized spacial score (nSPS) is 11.0. The number of amides is 1. The average molecular weight is 360 g/mol. The second kappa shape index (κ2) is 8.84. The molecule has 2 aromatic carbocycles. The van der Waals surface area contributed by atoms with Crippen LogP contribution in [0.3, 0.4) is 0 Å². The van der Waals surface area contributed by atoms with Crippen molar-refractivity contribution in [2.24, 2.45) is 5.10 Å². The lowest BCUT2D eigenvalue weighted by molar-refractivity contribution is 0.0954. The van der Waals surface area contributed by atoms with E-state index in [1.165, 1.54) is 45.6 Å². The third kappa shape index (κ3) is 4.30. The molecular formula is C19H21FN2O4. The second-order valence-corrected chi connectivity index (χ2v) is 5.27. The summed E-state index contributed by atoms with van der Waals surface area (Å²) in [5.41, 5.74) is 4.18. The molecule has 0 heterocycles. The number of hydrogen-bond donors (Lipinski definition) is 1. The monoisotopic (exact) mass is 360 g/mol. The first-order chi connectivity index (χ1) is 12.5. The molecule has 0 bridgehead atoms. The summed E-state index contributed by atoms with van der Waals surface area (Å²) in [7, 11) is 4.43. The van der Waals surface area contributed by atoms with Gasteiger partial charge in [-0.05, 0) is 36.2 Å². The summed E-state index contributed by atoms with van der Waals surface area (Å²) in [4.78, 5) is 12.5. The maximum absolute atomic E-state index is 13.1. The zero-order valence-electron chi connectivity index (χ0n) is 15.1. The van der Waals surface area contributed by atoms with Gasteiger partial charge in [0, 0.05) is 5.56 Å². The molecule has 6 nitrogen and oxygen atoms in total. The lowest BCUT2D eigenvalue weighted by atomic mass is 10.1. The average Bonchev–Trinajstić information content (AvgIpc) is 2.68. The van der Waals surface area contributed by atoms with E-state index in [4.69, 9.17) is 14.2 Å². The van der Waals surface area contributed by atoms with Crippen molar-refractivity contribution in [1.29, 1.82) is 0 Å². The van der Waals surface area contributed by atoms with E-state index in [2.05, 4.69) is 10.5 Å². The number of nitrogens with one attached hydrogen (secondary N) is 1. The first-order valence-corrected chi connectivity index (χ1v) is 7.96. The molecule has 0 unspecified atom stereocenters. The third-order valence-electron chi connectivity index (χ3n) is 3.73. The van der Waals surface area contributed by atoms with Gasteiger partial charge in [0.15, 0.2) is 11.5 Å². The highest BCUT2D eigenvalue weighted by atomic mass is 19.1. The van der Waals surface area contributed by atoms with Crippen molar-refractivity contribution in [1.82, 2.24) is 5.43 Å². The predicted octanol–water partition coefficient (Wildman–Crippen LogP) is 3.40. The largest absolute Gasteiger partial charge is 0.493 e. The number of halogens is 1. The minimum Gasteiger partial charge on any atom is -0.493 e. The van der Waals surface area contributed by atoms with Crippen LogP contribution >= 0.6 is 0 Å². The fourth-order valence-corrected chi connectivity index (χ4v) is 2.38. The van der Waals surface area contributed by atoms with E-state index in [0.29, 0.717) is 34.9 Å². The van der Waals surface area contributed by atoms with Gasteiger partial charge in [-0.1, -0.05) is 19.1 Å². The second-order valence-electron chi connectivity index (χ2n) is 5.27. The van der Waals surface area contributed by atoms with Crippen molar-refractivity contribution in [3.05, 3.63) is 53.3 Å². The fourth-order valence-electron chi connectivity index (χ4n) is 2.38. The molecular weight excluding hydrogens is 339 g/mol. The van der Waals surface area contributed by atoms with Gasteiger partial charge in [0.05, 0.1) is 27.0 Å². The highest BCUT2D eigenvalue weighted by Gasteiger charge is 2.17. The van der Waals surface area contributed by atoms with Crippen molar-refractivity contribution in [3.8, 4) is 17.2 Å². The Labute approximate surface area is 151 Å². The molecule has 0 saturated heterocycles. The fraction of sp³-hybridized carbons (Fsp3) is 0.263. The van der Waals surface area contributed by atoms with Gasteiger partial charge in [0.25, 0.3) is 5.91 Å². The summed E-state index contributed by atoms with van der Waals surface area (Å²) in [5.74, 6) is 0.379. The Morgan fingerprint density at radius 2 is 1.58 bits per heavy atom. The number of methoxy groups -OCH3 is 3. The zero-order valence-corrected chi connectivity index (χ0v) is 15.1. The Morgan fingerprint density at radius 1 is 1.00 bits per heavy atom. The number of ether oxygens (including phenoxy) is 3. The van der Waals surface area contributed by atoms with Crippen molar-refractivity contribution in [2.75, 3.05) is 21.3 Å². The zero-order chi connectivity index (χ0) is 19.1. The summed E-state index contributed by atoms with van der Waals surface area (Å²) in [6.45, 7) is 1.90. The Kier molecular flexibility index (Phi) is 6.54. The van der Waals surface area contributed by atoms with Gasteiger partial charge in [-0.25, -0.2) is 9.82 Å². The molecule has 1 amide bonds. The van der Waals surface area contributed by atoms with Crippen molar-refractivity contribution >= 4 is 11.6 Å². The maximum Gasteiger partial charge on any atom is 0.271 e. The van der Waals surface area contributed by atoms with Crippen LogP contribution in [0.2, 0.25) is 0 Å². The van der Waals surface area contributed by atoms with Crippen LogP contribution in [0.25, 0.3) is 0 Å². The van der Waals surface area contributed by atoms with Crippen LogP contribution in [0.4, 0.5) is 4.39 Å². The van der Waals surface area contributed by atoms with Gasteiger partial charge in [0.1, 0.15) is 5.82 Å². The lowest BCUT2D eigenvalue weighted by Gasteiger charge is -2.13. The predicted molar refractivity (Wildman–Crippen MR) is 96.8 cm³/mol. The SMILES string of the molecule is CC/C(=N\NC(=O)c1cc(OC)c(OC)c(OC)c1)c1ccc(F)cc1. The van der Waals surface area contributed by atoms with E-state index in [1.54, 1.807) is 12.1 Å². The smallest absolute Gasteiger partial charge is 0.271 e. The van der Waals surface area contributed by atoms with E-state index >= 15 is 0 Å². The highest BCUT2D eigenvalue weighted by Crippen LogP contribution is 2.38. The highest BCUT2D eigenvalue weighted by molar-refractivity contribution is 6.02. The van der Waals surface area contributed by atoms with E-state index in [9.17, 15) is 9.18 Å². The van der Waals surface area contributed by atoms with E-state index < -0.39 is 5.91 Å². The van der Waals surface area contributed by atoms with Crippen molar-refractivity contribution in [2.45, 2.75) is 13.3 Å². The molecule has 0 atom stereocenters. The van der Waals surface area contributed by atoms with Gasteiger partial charge >= 0.3 is 0 Å². The summed E-state index contributed by atoms with van der Waals surface area (Å²) < 4.78 is 28.8. The molecule has 2 aromatic rings. The number of carbonyl (C=O) groups excluding carboxylic acids is 1. The molecule has 0 spiro atoms. The Bertz CT molecular complexity index is 779. The first-order valence-electron chi connectivity index (χ1n) is 7.96. The van der Waals surface area contributed by atoms with Gasteiger partial charge in [-0.2, -0.15) is 5.10 Å². The maximum atomic E-state index is 13.1. The molecule has 1 N–H and O–H groups in total. The van der Waals surface area contributed by atoms with Crippen molar-refractivity contribution in [3.63, 3.8) is 0 Å². The van der Waals surface area contributed by atoms with Crippen LogP contribution < -0.4 is 19.6 Å². The van der Waals surface area contributed by atoms with Gasteiger partial charge in [-0.15, -0.1) is 0 Å². The molecule has 0 aromatic heterocycles. The van der Waals surface area contributed by atoms with E-state index in [0.717, 1.165) is 5.56 Å². The minimum absolute atomic E-state index is 0.304. The molecule has 0 aliphatic heterocycles. The molecule has 26 heavy (non-hydrogen) atoms. The molecule has 0 fully saturated rings. The number of nitrogens with zero attached hydrogens (tertiary/aromatic N) is 1.